The summed E-state index contributed by atoms with van der Waals surface area (Å²) in [6.07, 6.45) is 3.78. The second-order valence-corrected chi connectivity index (χ2v) is 9.70. The smallest absolute Gasteiger partial charge is 0.407 e. The van der Waals surface area contributed by atoms with Crippen molar-refractivity contribution in [1.82, 2.24) is 10.2 Å². The summed E-state index contributed by atoms with van der Waals surface area (Å²) in [5.74, 6) is -1.27. The number of carboxylic acid groups (broad SMARTS) is 1. The van der Waals surface area contributed by atoms with Crippen molar-refractivity contribution in [3.05, 3.63) is 59.7 Å². The first-order valence-electron chi connectivity index (χ1n) is 12.5. The van der Waals surface area contributed by atoms with Crippen LogP contribution in [-0.4, -0.2) is 54.2 Å². The molecule has 2 N–H and O–H groups in total. The lowest BCUT2D eigenvalue weighted by Crippen LogP contribution is -2.54. The highest BCUT2D eigenvalue weighted by Gasteiger charge is 2.44. The summed E-state index contributed by atoms with van der Waals surface area (Å²) >= 11 is 0. The summed E-state index contributed by atoms with van der Waals surface area (Å²) in [4.78, 5) is 39.2. The first-order valence-corrected chi connectivity index (χ1v) is 12.5. The molecule has 0 heterocycles. The summed E-state index contributed by atoms with van der Waals surface area (Å²) in [5.41, 5.74) is 3.80. The van der Waals surface area contributed by atoms with Gasteiger partial charge in [0.15, 0.2) is 0 Å². The fraction of sp³-hybridized carbons (Fsp3) is 0.464. The van der Waals surface area contributed by atoms with Gasteiger partial charge in [0.1, 0.15) is 12.6 Å². The molecule has 0 radical (unpaired) electrons. The van der Waals surface area contributed by atoms with E-state index in [1.165, 1.54) is 4.90 Å². The molecule has 0 saturated heterocycles. The van der Waals surface area contributed by atoms with Crippen molar-refractivity contribution in [3.8, 4) is 11.1 Å². The lowest BCUT2D eigenvalue weighted by molar-refractivity contribution is -0.155. The van der Waals surface area contributed by atoms with Crippen molar-refractivity contribution in [3.63, 3.8) is 0 Å². The van der Waals surface area contributed by atoms with E-state index in [9.17, 15) is 19.5 Å². The minimum absolute atomic E-state index is 0.0366. The zero-order valence-corrected chi connectivity index (χ0v) is 20.5. The van der Waals surface area contributed by atoms with Crippen LogP contribution in [0.2, 0.25) is 0 Å². The molecule has 0 aliphatic heterocycles. The van der Waals surface area contributed by atoms with E-state index in [0.29, 0.717) is 19.3 Å². The van der Waals surface area contributed by atoms with Crippen molar-refractivity contribution in [2.24, 2.45) is 5.41 Å². The molecule has 4 rings (SSSR count). The number of carbonyl (C=O) groups is 3. The highest BCUT2D eigenvalue weighted by atomic mass is 16.5. The maximum absolute atomic E-state index is 13.4. The average molecular weight is 479 g/mol. The number of ether oxygens (including phenoxy) is 1. The van der Waals surface area contributed by atoms with Crippen LogP contribution in [0.4, 0.5) is 4.79 Å². The summed E-state index contributed by atoms with van der Waals surface area (Å²) in [5, 5.41) is 12.4. The van der Waals surface area contributed by atoms with Crippen LogP contribution >= 0.6 is 0 Å². The van der Waals surface area contributed by atoms with Gasteiger partial charge in [-0.25, -0.2) is 9.59 Å². The molecule has 1 fully saturated rings. The normalized spacial score (nSPS) is 17.1. The molecule has 2 aliphatic carbocycles. The quantitative estimate of drug-likeness (QED) is 0.568. The molecule has 2 aliphatic rings. The molecular formula is C28H34N2O5. The number of nitrogens with zero attached hydrogens (tertiary/aromatic N) is 1. The largest absolute Gasteiger partial charge is 0.480 e. The van der Waals surface area contributed by atoms with Crippen LogP contribution in [0.25, 0.3) is 11.1 Å². The number of carbonyl (C=O) groups excluding carboxylic acids is 2. The van der Waals surface area contributed by atoms with E-state index in [2.05, 4.69) is 29.6 Å². The maximum atomic E-state index is 13.4. The third-order valence-corrected chi connectivity index (χ3v) is 7.64. The lowest BCUT2D eigenvalue weighted by atomic mass is 9.72. The monoisotopic (exact) mass is 478 g/mol. The Balaban J connectivity index is 1.42. The number of nitrogens with one attached hydrogen (secondary N) is 1. The van der Waals surface area contributed by atoms with Crippen LogP contribution in [0.3, 0.4) is 0 Å². The predicted octanol–water partition coefficient (Wildman–Crippen LogP) is 4.80. The minimum Gasteiger partial charge on any atom is -0.480 e. The molecule has 1 unspecified atom stereocenters. The Bertz CT molecular complexity index is 1050. The molecule has 186 valence electrons. The van der Waals surface area contributed by atoms with Gasteiger partial charge >= 0.3 is 12.1 Å². The van der Waals surface area contributed by atoms with E-state index in [0.717, 1.165) is 41.5 Å². The highest BCUT2D eigenvalue weighted by molar-refractivity contribution is 5.88. The topological polar surface area (TPSA) is 95.9 Å². The van der Waals surface area contributed by atoms with Crippen LogP contribution in [0.1, 0.15) is 62.5 Å². The van der Waals surface area contributed by atoms with Gasteiger partial charge in [0.05, 0.1) is 5.41 Å². The van der Waals surface area contributed by atoms with Crippen molar-refractivity contribution >= 4 is 18.0 Å². The van der Waals surface area contributed by atoms with Crippen LogP contribution in [0, 0.1) is 5.41 Å². The number of alkyl carbamates (subject to hydrolysis) is 1. The van der Waals surface area contributed by atoms with Crippen LogP contribution in [-0.2, 0) is 14.3 Å². The van der Waals surface area contributed by atoms with Gasteiger partial charge in [-0.05, 0) is 41.5 Å². The second-order valence-electron chi connectivity index (χ2n) is 9.70. The fourth-order valence-corrected chi connectivity index (χ4v) is 5.72. The summed E-state index contributed by atoms with van der Waals surface area (Å²) in [6, 6.07) is 15.4. The zero-order chi connectivity index (χ0) is 25.0. The first-order chi connectivity index (χ1) is 16.9. The van der Waals surface area contributed by atoms with Gasteiger partial charge < -0.3 is 20.1 Å². The number of likely N-dealkylation sites (N-methyl/N-ethyl adjacent to an activating group) is 1. The molecule has 7 heteroatoms. The Morgan fingerprint density at radius 1 is 1.03 bits per heavy atom. The Morgan fingerprint density at radius 2 is 1.60 bits per heavy atom. The molecule has 35 heavy (non-hydrogen) atoms. The Labute approximate surface area is 206 Å². The fourth-order valence-electron chi connectivity index (χ4n) is 5.72. The van der Waals surface area contributed by atoms with Crippen molar-refractivity contribution in [1.29, 1.82) is 0 Å². The van der Waals surface area contributed by atoms with E-state index < -0.39 is 23.5 Å². The maximum Gasteiger partial charge on any atom is 0.407 e. The van der Waals surface area contributed by atoms with Gasteiger partial charge in [-0.15, -0.1) is 0 Å². The molecule has 1 atom stereocenters. The van der Waals surface area contributed by atoms with Crippen molar-refractivity contribution < 1.29 is 24.2 Å². The second kappa shape index (κ2) is 10.5. The van der Waals surface area contributed by atoms with Gasteiger partial charge in [0.25, 0.3) is 0 Å². The van der Waals surface area contributed by atoms with Gasteiger partial charge in [0, 0.05) is 19.5 Å². The van der Waals surface area contributed by atoms with Crippen LogP contribution in [0.15, 0.2) is 48.5 Å². The number of hydrogen-bond donors (Lipinski definition) is 2. The van der Waals surface area contributed by atoms with E-state index in [-0.39, 0.29) is 25.0 Å². The Kier molecular flexibility index (Phi) is 7.43. The summed E-state index contributed by atoms with van der Waals surface area (Å²) in [6.45, 7) is 2.10. The molecular weight excluding hydrogens is 444 g/mol. The van der Waals surface area contributed by atoms with E-state index in [4.69, 9.17) is 4.74 Å². The number of hydrogen-bond acceptors (Lipinski definition) is 4. The predicted molar refractivity (Wildman–Crippen MR) is 133 cm³/mol. The number of fused-ring (bicyclic) bond motifs is 3. The molecule has 0 spiro atoms. The van der Waals surface area contributed by atoms with Crippen LogP contribution < -0.4 is 5.32 Å². The molecule has 2 aromatic rings. The van der Waals surface area contributed by atoms with Crippen molar-refractivity contribution in [2.45, 2.75) is 57.4 Å². The van der Waals surface area contributed by atoms with E-state index in [1.807, 2.05) is 24.3 Å². The Morgan fingerprint density at radius 3 is 2.14 bits per heavy atom. The van der Waals surface area contributed by atoms with Crippen LogP contribution in [0.5, 0.6) is 0 Å². The van der Waals surface area contributed by atoms with Gasteiger partial charge in [-0.3, -0.25) is 4.79 Å². The average Bonchev–Trinajstić information content (AvgIpc) is 3.20. The number of rotatable bonds is 8. The Hall–Kier alpha value is -3.35. The van der Waals surface area contributed by atoms with Gasteiger partial charge in [0.2, 0.25) is 5.91 Å². The molecule has 1 saturated carbocycles. The molecule has 0 aromatic heterocycles. The highest BCUT2D eigenvalue weighted by Crippen LogP contribution is 2.44. The van der Waals surface area contributed by atoms with E-state index >= 15 is 0 Å². The first kappa shape index (κ1) is 24.8. The summed E-state index contributed by atoms with van der Waals surface area (Å²) < 4.78 is 5.65. The van der Waals surface area contributed by atoms with Gasteiger partial charge in [-0.2, -0.15) is 0 Å². The lowest BCUT2D eigenvalue weighted by Gasteiger charge is -2.40. The summed E-state index contributed by atoms with van der Waals surface area (Å²) in [7, 11) is 1.55. The molecule has 2 amide bonds. The number of amides is 2. The number of carboxylic acids is 1. The molecule has 2 aromatic carbocycles. The number of aliphatic carboxylic acids is 1. The minimum atomic E-state index is -1.01. The zero-order valence-electron chi connectivity index (χ0n) is 20.5. The molecule has 7 nitrogen and oxygen atoms in total. The SMILES string of the molecule is CCC(C(=O)O)N(C)C(=O)C1(CNC(=O)OCC2c3ccccc3-c3ccccc32)CCCCC1. The third-order valence-electron chi connectivity index (χ3n) is 7.64. The third kappa shape index (κ3) is 4.90. The molecule has 0 bridgehead atoms. The van der Waals surface area contributed by atoms with E-state index in [1.54, 1.807) is 14.0 Å². The number of benzene rings is 2. The van der Waals surface area contributed by atoms with Gasteiger partial charge in [-0.1, -0.05) is 74.7 Å². The standard InChI is InChI=1S/C28H34N2O5/c1-3-24(25(31)32)30(2)26(33)28(15-9-4-10-16-28)18-29-27(34)35-17-23-21-13-7-5-11-19(21)20-12-6-8-14-22(20)23/h5-8,11-14,23-24H,3-4,9-10,15-18H2,1-2H3,(H,29,34)(H,31,32). The van der Waals surface area contributed by atoms with Crippen molar-refractivity contribution in [2.75, 3.05) is 20.2 Å².